The van der Waals surface area contributed by atoms with E-state index in [-0.39, 0.29) is 11.8 Å². The van der Waals surface area contributed by atoms with Crippen LogP contribution in [0.25, 0.3) is 0 Å². The molecule has 0 spiro atoms. The summed E-state index contributed by atoms with van der Waals surface area (Å²) >= 11 is 0. The van der Waals surface area contributed by atoms with Gasteiger partial charge in [-0.15, -0.1) is 0 Å². The van der Waals surface area contributed by atoms with E-state index >= 15 is 0 Å². The number of carbonyl (C=O) groups excluding carboxylic acids is 2. The Kier molecular flexibility index (Phi) is 6.46. The van der Waals surface area contributed by atoms with E-state index in [4.69, 9.17) is 0 Å². The predicted molar refractivity (Wildman–Crippen MR) is 80.4 cm³/mol. The smallest absolute Gasteiger partial charge is 0.237 e. The van der Waals surface area contributed by atoms with Crippen LogP contribution in [-0.2, 0) is 9.59 Å². The Bertz CT molecular complexity index is 334. The van der Waals surface area contributed by atoms with Gasteiger partial charge >= 0.3 is 0 Å². The van der Waals surface area contributed by atoms with Crippen LogP contribution in [0.4, 0.5) is 0 Å². The van der Waals surface area contributed by atoms with E-state index in [9.17, 15) is 9.59 Å². The molecule has 0 aromatic heterocycles. The number of nitrogens with zero attached hydrogens (tertiary/aromatic N) is 2. The van der Waals surface area contributed by atoms with E-state index in [0.717, 1.165) is 45.6 Å². The molecule has 0 unspecified atom stereocenters. The Hall–Kier alpha value is -1.10. The summed E-state index contributed by atoms with van der Waals surface area (Å²) in [5.41, 5.74) is -0.970. The van der Waals surface area contributed by atoms with Crippen LogP contribution in [0.2, 0.25) is 0 Å². The fraction of sp³-hybridized carbons (Fsp3) is 0.867. The van der Waals surface area contributed by atoms with E-state index in [0.29, 0.717) is 6.54 Å². The van der Waals surface area contributed by atoms with Crippen LogP contribution in [0.3, 0.4) is 0 Å². The Morgan fingerprint density at radius 3 is 2.20 bits per heavy atom. The summed E-state index contributed by atoms with van der Waals surface area (Å²) in [4.78, 5) is 28.9. The van der Waals surface area contributed by atoms with Crippen LogP contribution in [0.15, 0.2) is 0 Å². The first kappa shape index (κ1) is 17.0. The van der Waals surface area contributed by atoms with Crippen LogP contribution in [0.1, 0.15) is 40.5 Å². The molecule has 1 rings (SSSR count). The molecule has 1 N–H and O–H groups in total. The number of piperazine rings is 1. The average Bonchev–Trinajstić information content (AvgIpc) is 2.46. The van der Waals surface area contributed by atoms with E-state index in [2.05, 4.69) is 24.1 Å². The fourth-order valence-electron chi connectivity index (χ4n) is 2.36. The summed E-state index contributed by atoms with van der Waals surface area (Å²) in [5.74, 6) is -0.212. The summed E-state index contributed by atoms with van der Waals surface area (Å²) < 4.78 is 0. The van der Waals surface area contributed by atoms with Gasteiger partial charge in [0.1, 0.15) is 5.41 Å². The lowest BCUT2D eigenvalue weighted by Gasteiger charge is -2.37. The number of nitrogens with one attached hydrogen (secondary N) is 1. The molecule has 20 heavy (non-hydrogen) atoms. The molecule has 0 aromatic rings. The second-order valence-electron chi connectivity index (χ2n) is 5.96. The number of likely N-dealkylation sites (N-methyl/N-ethyl adjacent to an activating group) is 1. The average molecular weight is 283 g/mol. The van der Waals surface area contributed by atoms with Crippen molar-refractivity contribution in [2.75, 3.05) is 39.3 Å². The van der Waals surface area contributed by atoms with Crippen molar-refractivity contribution < 1.29 is 9.59 Å². The van der Waals surface area contributed by atoms with Crippen molar-refractivity contribution in [2.24, 2.45) is 5.41 Å². The van der Waals surface area contributed by atoms with Gasteiger partial charge < -0.3 is 15.1 Å². The van der Waals surface area contributed by atoms with Crippen LogP contribution >= 0.6 is 0 Å². The molecule has 0 atom stereocenters. The van der Waals surface area contributed by atoms with Crippen LogP contribution < -0.4 is 5.32 Å². The van der Waals surface area contributed by atoms with Gasteiger partial charge in [-0.1, -0.05) is 20.3 Å². The molecule has 0 bridgehead atoms. The van der Waals surface area contributed by atoms with Crippen LogP contribution in [0, 0.1) is 5.41 Å². The second kappa shape index (κ2) is 7.62. The minimum atomic E-state index is -0.970. The molecule has 5 nitrogen and oxygen atoms in total. The molecular formula is C15H29N3O2. The third-order valence-electron chi connectivity index (χ3n) is 4.02. The summed E-state index contributed by atoms with van der Waals surface area (Å²) in [7, 11) is 0. The topological polar surface area (TPSA) is 52.7 Å². The third kappa shape index (κ3) is 4.20. The predicted octanol–water partition coefficient (Wildman–Crippen LogP) is 1.09. The van der Waals surface area contributed by atoms with Gasteiger partial charge in [0.15, 0.2) is 0 Å². The number of hydrogen-bond acceptors (Lipinski definition) is 3. The van der Waals surface area contributed by atoms with Crippen molar-refractivity contribution in [3.05, 3.63) is 0 Å². The maximum atomic E-state index is 12.5. The summed E-state index contributed by atoms with van der Waals surface area (Å²) in [6.07, 6.45) is 1.98. The lowest BCUT2D eigenvalue weighted by molar-refractivity contribution is -0.149. The van der Waals surface area contributed by atoms with Crippen molar-refractivity contribution in [3.8, 4) is 0 Å². The highest BCUT2D eigenvalue weighted by atomic mass is 16.2. The molecule has 2 amide bonds. The number of hydrogen-bond donors (Lipinski definition) is 1. The Labute approximate surface area is 122 Å². The normalized spacial score (nSPS) is 17.1. The summed E-state index contributed by atoms with van der Waals surface area (Å²) in [6.45, 7) is 12.6. The quantitative estimate of drug-likeness (QED) is 0.586. The van der Waals surface area contributed by atoms with Crippen molar-refractivity contribution in [1.29, 1.82) is 0 Å². The van der Waals surface area contributed by atoms with Crippen LogP contribution in [-0.4, -0.2) is 60.9 Å². The molecule has 1 saturated heterocycles. The summed E-state index contributed by atoms with van der Waals surface area (Å²) in [5, 5.41) is 2.87. The minimum Gasteiger partial charge on any atom is -0.355 e. The Morgan fingerprint density at radius 1 is 1.10 bits per heavy atom. The number of rotatable bonds is 6. The van der Waals surface area contributed by atoms with E-state index in [1.54, 1.807) is 13.8 Å². The van der Waals surface area contributed by atoms with Gasteiger partial charge in [0.2, 0.25) is 11.8 Å². The maximum absolute atomic E-state index is 12.5. The molecule has 0 saturated carbocycles. The van der Waals surface area contributed by atoms with Gasteiger partial charge in [0.25, 0.3) is 0 Å². The first-order valence-corrected chi connectivity index (χ1v) is 7.73. The lowest BCUT2D eigenvalue weighted by atomic mass is 9.90. The molecule has 0 radical (unpaired) electrons. The molecule has 1 aliphatic heterocycles. The van der Waals surface area contributed by atoms with Gasteiger partial charge in [-0.2, -0.15) is 0 Å². The van der Waals surface area contributed by atoms with E-state index in [1.165, 1.54) is 0 Å². The van der Waals surface area contributed by atoms with Crippen molar-refractivity contribution in [3.63, 3.8) is 0 Å². The van der Waals surface area contributed by atoms with Crippen molar-refractivity contribution in [2.45, 2.75) is 40.5 Å². The molecule has 1 heterocycles. The molecule has 0 aliphatic carbocycles. The maximum Gasteiger partial charge on any atom is 0.237 e. The van der Waals surface area contributed by atoms with Gasteiger partial charge in [0, 0.05) is 32.7 Å². The standard InChI is InChI=1S/C15H29N3O2/c1-5-7-8-16-13(19)15(3,4)14(20)18-11-9-17(6-2)10-12-18/h5-12H2,1-4H3,(H,16,19). The molecular weight excluding hydrogens is 254 g/mol. The second-order valence-corrected chi connectivity index (χ2v) is 5.96. The van der Waals surface area contributed by atoms with Gasteiger partial charge in [-0.05, 0) is 26.8 Å². The lowest BCUT2D eigenvalue weighted by Crippen LogP contribution is -2.55. The third-order valence-corrected chi connectivity index (χ3v) is 4.02. The Balaban J connectivity index is 2.53. The molecule has 5 heteroatoms. The zero-order valence-electron chi connectivity index (χ0n) is 13.4. The SMILES string of the molecule is CCCCNC(=O)C(C)(C)C(=O)N1CCN(CC)CC1. The first-order chi connectivity index (χ1) is 9.43. The first-order valence-electron chi connectivity index (χ1n) is 7.73. The van der Waals surface area contributed by atoms with Crippen LogP contribution in [0.5, 0.6) is 0 Å². The van der Waals surface area contributed by atoms with Gasteiger partial charge in [0.05, 0.1) is 0 Å². The Morgan fingerprint density at radius 2 is 1.70 bits per heavy atom. The minimum absolute atomic E-state index is 0.0535. The van der Waals surface area contributed by atoms with Crippen molar-refractivity contribution >= 4 is 11.8 Å². The van der Waals surface area contributed by atoms with E-state index < -0.39 is 5.41 Å². The van der Waals surface area contributed by atoms with Crippen molar-refractivity contribution in [1.82, 2.24) is 15.1 Å². The molecule has 1 aliphatic rings. The number of unbranched alkanes of at least 4 members (excludes halogenated alkanes) is 1. The van der Waals surface area contributed by atoms with E-state index in [1.807, 2.05) is 4.90 Å². The highest BCUT2D eigenvalue weighted by Crippen LogP contribution is 2.20. The van der Waals surface area contributed by atoms with Gasteiger partial charge in [-0.25, -0.2) is 0 Å². The molecule has 1 fully saturated rings. The molecule has 116 valence electrons. The highest BCUT2D eigenvalue weighted by molar-refractivity contribution is 6.04. The zero-order valence-corrected chi connectivity index (χ0v) is 13.4. The summed E-state index contributed by atoms with van der Waals surface area (Å²) in [6, 6.07) is 0. The number of carbonyl (C=O) groups is 2. The monoisotopic (exact) mass is 283 g/mol. The zero-order chi connectivity index (χ0) is 15.2. The largest absolute Gasteiger partial charge is 0.355 e. The number of amides is 2. The van der Waals surface area contributed by atoms with Gasteiger partial charge in [-0.3, -0.25) is 9.59 Å². The molecule has 0 aromatic carbocycles. The highest BCUT2D eigenvalue weighted by Gasteiger charge is 2.39. The fourth-order valence-corrected chi connectivity index (χ4v) is 2.36.